The number of benzene rings is 2. The number of nitrogens with zero attached hydrogens (tertiary/aromatic N) is 5. The van der Waals surface area contributed by atoms with E-state index in [0.717, 1.165) is 43.0 Å². The van der Waals surface area contributed by atoms with Gasteiger partial charge in [-0.15, -0.1) is 10.2 Å². The van der Waals surface area contributed by atoms with E-state index in [0.29, 0.717) is 11.4 Å². The molecule has 5 rings (SSSR count). The molecule has 0 radical (unpaired) electrons. The molecule has 3 heterocycles. The molecule has 4 aromatic rings. The first kappa shape index (κ1) is 22.5. The molecule has 0 saturated heterocycles. The van der Waals surface area contributed by atoms with E-state index < -0.39 is 5.91 Å². The minimum absolute atomic E-state index is 0.144. The topological polar surface area (TPSA) is 104 Å². The summed E-state index contributed by atoms with van der Waals surface area (Å²) >= 11 is 0. The van der Waals surface area contributed by atoms with Gasteiger partial charge in [-0.05, 0) is 43.2 Å². The van der Waals surface area contributed by atoms with E-state index >= 15 is 0 Å². The largest absolute Gasteiger partial charge is 0.492 e. The second-order valence-electron chi connectivity index (χ2n) is 8.38. The Morgan fingerprint density at radius 3 is 2.74 bits per heavy atom. The highest BCUT2D eigenvalue weighted by Gasteiger charge is 2.17. The third-order valence-corrected chi connectivity index (χ3v) is 5.90. The van der Waals surface area contributed by atoms with Crippen molar-refractivity contribution in [2.24, 2.45) is 0 Å². The highest BCUT2D eigenvalue weighted by molar-refractivity contribution is 6.02. The molecule has 1 N–H and O–H groups in total. The summed E-state index contributed by atoms with van der Waals surface area (Å²) in [6.45, 7) is 1.38. The van der Waals surface area contributed by atoms with Gasteiger partial charge in [0.15, 0.2) is 5.82 Å². The van der Waals surface area contributed by atoms with E-state index in [-0.39, 0.29) is 24.4 Å². The fourth-order valence-corrected chi connectivity index (χ4v) is 4.13. The number of rotatable bonds is 7. The lowest BCUT2D eigenvalue weighted by Crippen LogP contribution is -2.28. The summed E-state index contributed by atoms with van der Waals surface area (Å²) in [6.07, 6.45) is 4.35. The van der Waals surface area contributed by atoms with Gasteiger partial charge in [-0.2, -0.15) is 5.10 Å². The molecule has 9 nitrogen and oxygen atoms in total. The highest BCUT2D eigenvalue weighted by Crippen LogP contribution is 2.25. The molecule has 1 amide bonds. The summed E-state index contributed by atoms with van der Waals surface area (Å²) < 4.78 is 9.05. The summed E-state index contributed by atoms with van der Waals surface area (Å²) in [7, 11) is 0. The average Bonchev–Trinajstić information content (AvgIpc) is 3.14. The number of carbonyl (C=O) groups is 1. The van der Waals surface area contributed by atoms with Gasteiger partial charge in [0.05, 0.1) is 6.54 Å². The van der Waals surface area contributed by atoms with Gasteiger partial charge < -0.3 is 14.6 Å². The Balaban J connectivity index is 1.28. The molecular weight excluding hydrogens is 444 g/mol. The van der Waals surface area contributed by atoms with Gasteiger partial charge in [0, 0.05) is 30.3 Å². The fraction of sp³-hybridized carbons (Fsp3) is 0.269. The van der Waals surface area contributed by atoms with Crippen LogP contribution in [0.15, 0.2) is 71.5 Å². The molecule has 0 unspecified atom stereocenters. The molecule has 1 aliphatic heterocycles. The van der Waals surface area contributed by atoms with Crippen molar-refractivity contribution < 1.29 is 9.53 Å². The number of carbonyl (C=O) groups excluding carboxylic acids is 1. The summed E-state index contributed by atoms with van der Waals surface area (Å²) in [5.41, 5.74) is 1.35. The number of fused-ring (bicyclic) bond motifs is 1. The zero-order valence-corrected chi connectivity index (χ0v) is 19.3. The minimum Gasteiger partial charge on any atom is -0.492 e. The van der Waals surface area contributed by atoms with Crippen LogP contribution in [0.2, 0.25) is 0 Å². The monoisotopic (exact) mass is 470 g/mol. The van der Waals surface area contributed by atoms with E-state index in [1.165, 1.54) is 23.2 Å². The molecule has 0 atom stereocenters. The van der Waals surface area contributed by atoms with Crippen molar-refractivity contribution in [3.8, 4) is 17.1 Å². The molecule has 2 aromatic carbocycles. The molecule has 0 saturated carbocycles. The summed E-state index contributed by atoms with van der Waals surface area (Å²) in [5.74, 6) is 2.12. The van der Waals surface area contributed by atoms with Crippen LogP contribution in [0, 0.1) is 0 Å². The van der Waals surface area contributed by atoms with Crippen LogP contribution in [0.5, 0.6) is 5.75 Å². The minimum atomic E-state index is -0.403. The van der Waals surface area contributed by atoms with Crippen LogP contribution in [0.4, 0.5) is 5.69 Å². The molecule has 178 valence electrons. The number of hydrogen-bond acceptors (Lipinski definition) is 6. The second kappa shape index (κ2) is 10.3. The zero-order valence-electron chi connectivity index (χ0n) is 19.3. The first-order valence-electron chi connectivity index (χ1n) is 11.8. The van der Waals surface area contributed by atoms with Crippen LogP contribution in [0.1, 0.15) is 35.6 Å². The Morgan fingerprint density at radius 2 is 1.86 bits per heavy atom. The molecule has 35 heavy (non-hydrogen) atoms. The predicted molar refractivity (Wildman–Crippen MR) is 131 cm³/mol. The number of ether oxygens (including phenoxy) is 1. The van der Waals surface area contributed by atoms with Crippen molar-refractivity contribution in [1.29, 1.82) is 0 Å². The molecule has 0 bridgehead atoms. The van der Waals surface area contributed by atoms with Crippen molar-refractivity contribution in [2.45, 2.75) is 38.8 Å². The number of aryl methyl sites for hydroxylation is 1. The van der Waals surface area contributed by atoms with Crippen molar-refractivity contribution in [3.05, 3.63) is 88.6 Å². The average molecular weight is 471 g/mol. The van der Waals surface area contributed by atoms with Crippen LogP contribution >= 0.6 is 0 Å². The third-order valence-electron chi connectivity index (χ3n) is 5.90. The third kappa shape index (κ3) is 5.29. The van der Waals surface area contributed by atoms with Gasteiger partial charge in [0.25, 0.3) is 11.5 Å². The number of para-hydroxylation sites is 1. The quantitative estimate of drug-likeness (QED) is 0.443. The van der Waals surface area contributed by atoms with Crippen LogP contribution < -0.4 is 15.6 Å². The van der Waals surface area contributed by atoms with Crippen LogP contribution in [-0.2, 0) is 19.5 Å². The molecule has 1 aliphatic rings. The van der Waals surface area contributed by atoms with E-state index in [4.69, 9.17) is 4.74 Å². The number of aromatic nitrogens is 5. The lowest BCUT2D eigenvalue weighted by atomic mass is 10.2. The molecule has 9 heteroatoms. The predicted octanol–water partition coefficient (Wildman–Crippen LogP) is 3.56. The maximum Gasteiger partial charge on any atom is 0.276 e. The van der Waals surface area contributed by atoms with Crippen molar-refractivity contribution in [1.82, 2.24) is 24.5 Å². The number of nitrogens with one attached hydrogen (secondary N) is 1. The van der Waals surface area contributed by atoms with Gasteiger partial charge in [-0.3, -0.25) is 9.59 Å². The van der Waals surface area contributed by atoms with E-state index in [2.05, 4.69) is 25.2 Å². The summed E-state index contributed by atoms with van der Waals surface area (Å²) in [5, 5.41) is 15.9. The van der Waals surface area contributed by atoms with Crippen molar-refractivity contribution in [3.63, 3.8) is 0 Å². The number of hydrogen-bond donors (Lipinski definition) is 1. The molecule has 0 fully saturated rings. The van der Waals surface area contributed by atoms with Crippen molar-refractivity contribution >= 4 is 11.6 Å². The van der Waals surface area contributed by atoms with E-state index in [1.54, 1.807) is 0 Å². The van der Waals surface area contributed by atoms with Crippen LogP contribution in [-0.4, -0.2) is 37.1 Å². The van der Waals surface area contributed by atoms with Gasteiger partial charge in [-0.1, -0.05) is 36.8 Å². The molecular formula is C26H26N6O3. The Morgan fingerprint density at radius 1 is 0.971 bits per heavy atom. The fourth-order valence-electron chi connectivity index (χ4n) is 4.13. The van der Waals surface area contributed by atoms with E-state index in [1.807, 2.05) is 54.6 Å². The maximum atomic E-state index is 12.9. The SMILES string of the molecule is O=C(Nc1cccc(-c2nnc3n2CCCCC3)c1)c1ccc(=O)n(CCOc2ccccc2)n1. The van der Waals surface area contributed by atoms with Gasteiger partial charge in [-0.25, -0.2) is 4.68 Å². The number of anilines is 1. The Bertz CT molecular complexity index is 1380. The highest BCUT2D eigenvalue weighted by atomic mass is 16.5. The van der Waals surface area contributed by atoms with E-state index in [9.17, 15) is 9.59 Å². The van der Waals surface area contributed by atoms with Crippen molar-refractivity contribution in [2.75, 3.05) is 11.9 Å². The lowest BCUT2D eigenvalue weighted by molar-refractivity contribution is 0.101. The first-order chi connectivity index (χ1) is 17.2. The lowest BCUT2D eigenvalue weighted by Gasteiger charge is -2.10. The molecule has 2 aromatic heterocycles. The number of amides is 1. The Labute approximate surface area is 202 Å². The first-order valence-corrected chi connectivity index (χ1v) is 11.8. The Kier molecular flexibility index (Phi) is 6.65. The van der Waals surface area contributed by atoms with Crippen LogP contribution in [0.25, 0.3) is 11.4 Å². The molecule has 0 spiro atoms. The van der Waals surface area contributed by atoms with Crippen LogP contribution in [0.3, 0.4) is 0 Å². The zero-order chi connectivity index (χ0) is 24.0. The smallest absolute Gasteiger partial charge is 0.276 e. The maximum absolute atomic E-state index is 12.9. The van der Waals surface area contributed by atoms with Gasteiger partial charge in [0.2, 0.25) is 0 Å². The van der Waals surface area contributed by atoms with Gasteiger partial charge in [0.1, 0.15) is 23.9 Å². The molecule has 0 aliphatic carbocycles. The standard InChI is InChI=1S/C26H26N6O3/c33-24-14-13-22(30-32(24)16-17-35-21-10-3-1-4-11-21)26(34)27-20-9-7-8-19(18-20)25-29-28-23-12-5-2-6-15-31(23)25/h1,3-4,7-11,13-14,18H,2,5-6,12,15-17H2,(H,27,34). The normalized spacial score (nSPS) is 13.0. The summed E-state index contributed by atoms with van der Waals surface area (Å²) in [4.78, 5) is 25.1. The van der Waals surface area contributed by atoms with Gasteiger partial charge >= 0.3 is 0 Å². The summed E-state index contributed by atoms with van der Waals surface area (Å²) in [6, 6.07) is 19.6. The second-order valence-corrected chi connectivity index (χ2v) is 8.38. The Hall–Kier alpha value is -4.27.